The van der Waals surface area contributed by atoms with Crippen LogP contribution in [0.25, 0.3) is 0 Å². The molecule has 0 atom stereocenters. The zero-order valence-electron chi connectivity index (χ0n) is 13.5. The first-order chi connectivity index (χ1) is 11.7. The Morgan fingerprint density at radius 1 is 1.25 bits per heavy atom. The first-order valence-corrected chi connectivity index (χ1v) is 7.65. The number of carbonyl (C=O) groups is 1. The molecule has 3 heterocycles. The molecule has 3 aromatic rings. The summed E-state index contributed by atoms with van der Waals surface area (Å²) in [6, 6.07) is 9.16. The number of hydrogen-bond acceptors (Lipinski definition) is 5. The topological polar surface area (TPSA) is 84.7 Å². The Bertz CT molecular complexity index is 843. The van der Waals surface area contributed by atoms with E-state index in [0.29, 0.717) is 23.7 Å². The van der Waals surface area contributed by atoms with Crippen molar-refractivity contribution < 1.29 is 4.79 Å². The van der Waals surface area contributed by atoms with Gasteiger partial charge in [-0.3, -0.25) is 14.5 Å². The molecule has 0 bridgehead atoms. The van der Waals surface area contributed by atoms with Crippen LogP contribution in [0.3, 0.4) is 0 Å². The molecule has 0 aliphatic rings. The largest absolute Gasteiger partial charge is 0.351 e. The third kappa shape index (κ3) is 3.57. The summed E-state index contributed by atoms with van der Waals surface area (Å²) < 4.78 is 1.71. The maximum Gasteiger partial charge on any atom is 0.279 e. The van der Waals surface area contributed by atoms with E-state index in [9.17, 15) is 4.79 Å². The van der Waals surface area contributed by atoms with E-state index in [1.54, 1.807) is 29.3 Å². The maximum atomic E-state index is 12.6. The highest BCUT2D eigenvalue weighted by molar-refractivity contribution is 6.06. The lowest BCUT2D eigenvalue weighted by Gasteiger charge is -2.07. The fourth-order valence-corrected chi connectivity index (χ4v) is 2.22. The normalized spacial score (nSPS) is 10.4. The number of aromatic nitrogens is 4. The van der Waals surface area contributed by atoms with Gasteiger partial charge in [-0.15, -0.1) is 0 Å². The van der Waals surface area contributed by atoms with Crippen molar-refractivity contribution in [3.8, 4) is 0 Å². The van der Waals surface area contributed by atoms with Crippen molar-refractivity contribution in [1.82, 2.24) is 19.7 Å². The molecule has 24 heavy (non-hydrogen) atoms. The molecule has 0 radical (unpaired) electrons. The highest BCUT2D eigenvalue weighted by Gasteiger charge is 2.17. The van der Waals surface area contributed by atoms with E-state index >= 15 is 0 Å². The molecule has 0 aromatic carbocycles. The van der Waals surface area contributed by atoms with Crippen molar-refractivity contribution in [3.05, 3.63) is 60.3 Å². The second kappa shape index (κ2) is 6.91. The molecular formula is C17H18N6O. The summed E-state index contributed by atoms with van der Waals surface area (Å²) in [5.41, 5.74) is 2.55. The van der Waals surface area contributed by atoms with Crippen molar-refractivity contribution in [1.29, 1.82) is 0 Å². The predicted octanol–water partition coefficient (Wildman–Crippen LogP) is 3.00. The molecule has 122 valence electrons. The lowest BCUT2D eigenvalue weighted by molar-refractivity contribution is 0.102. The molecule has 1 amide bonds. The summed E-state index contributed by atoms with van der Waals surface area (Å²) in [5.74, 6) is 0.185. The number of carbonyl (C=O) groups excluding carboxylic acids is 1. The van der Waals surface area contributed by atoms with E-state index in [2.05, 4.69) is 25.7 Å². The minimum atomic E-state index is -0.313. The van der Waals surface area contributed by atoms with E-state index in [0.717, 1.165) is 11.4 Å². The van der Waals surface area contributed by atoms with Gasteiger partial charge in [0.25, 0.3) is 5.91 Å². The monoisotopic (exact) mass is 322 g/mol. The van der Waals surface area contributed by atoms with Gasteiger partial charge in [0.05, 0.1) is 17.6 Å². The van der Waals surface area contributed by atoms with Gasteiger partial charge in [-0.1, -0.05) is 6.07 Å². The lowest BCUT2D eigenvalue weighted by atomic mass is 10.3. The molecule has 3 rings (SSSR count). The summed E-state index contributed by atoms with van der Waals surface area (Å²) in [7, 11) is 0. The predicted molar refractivity (Wildman–Crippen MR) is 92.3 cm³/mol. The third-order valence-electron chi connectivity index (χ3n) is 3.37. The first kappa shape index (κ1) is 15.7. The van der Waals surface area contributed by atoms with E-state index in [1.807, 2.05) is 38.1 Å². The van der Waals surface area contributed by atoms with E-state index in [1.165, 1.54) is 0 Å². The average molecular weight is 322 g/mol. The number of rotatable bonds is 5. The Hall–Kier alpha value is -3.22. The van der Waals surface area contributed by atoms with Gasteiger partial charge >= 0.3 is 0 Å². The van der Waals surface area contributed by atoms with Crippen molar-refractivity contribution in [2.45, 2.75) is 20.4 Å². The smallest absolute Gasteiger partial charge is 0.279 e. The van der Waals surface area contributed by atoms with Crippen LogP contribution in [0.5, 0.6) is 0 Å². The van der Waals surface area contributed by atoms with Crippen molar-refractivity contribution in [2.24, 2.45) is 0 Å². The number of nitrogens with zero attached hydrogens (tertiary/aromatic N) is 4. The molecule has 0 aliphatic heterocycles. The molecule has 3 aromatic heterocycles. The van der Waals surface area contributed by atoms with Crippen molar-refractivity contribution >= 4 is 23.1 Å². The van der Waals surface area contributed by atoms with Gasteiger partial charge in [-0.05, 0) is 38.1 Å². The first-order valence-electron chi connectivity index (χ1n) is 7.65. The van der Waals surface area contributed by atoms with E-state index in [-0.39, 0.29) is 5.91 Å². The third-order valence-corrected chi connectivity index (χ3v) is 3.37. The Morgan fingerprint density at radius 2 is 2.12 bits per heavy atom. The fourth-order valence-electron chi connectivity index (χ4n) is 2.22. The summed E-state index contributed by atoms with van der Waals surface area (Å²) in [6.45, 7) is 4.50. The standard InChI is InChI=1S/C17H18N6O/c1-3-23-11-14(20-13-7-5-9-18-10-13)16(22-23)17(24)21-15-8-4-6-12(2)19-15/h4-11,20H,3H2,1-2H3,(H,19,21,24). The average Bonchev–Trinajstić information content (AvgIpc) is 2.99. The van der Waals surface area contributed by atoms with Crippen molar-refractivity contribution in [2.75, 3.05) is 10.6 Å². The molecule has 0 fully saturated rings. The van der Waals surface area contributed by atoms with Crippen LogP contribution in [0.15, 0.2) is 48.9 Å². The second-order valence-corrected chi connectivity index (χ2v) is 5.23. The molecule has 0 saturated heterocycles. The number of amides is 1. The van der Waals surface area contributed by atoms with Gasteiger partial charge in [0.1, 0.15) is 5.82 Å². The number of hydrogen-bond donors (Lipinski definition) is 2. The minimum Gasteiger partial charge on any atom is -0.351 e. The van der Waals surface area contributed by atoms with Gasteiger partial charge in [0, 0.05) is 24.6 Å². The highest BCUT2D eigenvalue weighted by Crippen LogP contribution is 2.20. The van der Waals surface area contributed by atoms with Crippen molar-refractivity contribution in [3.63, 3.8) is 0 Å². The van der Waals surface area contributed by atoms with Crippen LogP contribution in [0, 0.1) is 6.92 Å². The Balaban J connectivity index is 1.86. The number of nitrogens with one attached hydrogen (secondary N) is 2. The highest BCUT2D eigenvalue weighted by atomic mass is 16.2. The van der Waals surface area contributed by atoms with Gasteiger partial charge in [-0.25, -0.2) is 4.98 Å². The zero-order valence-corrected chi connectivity index (χ0v) is 13.5. The van der Waals surface area contributed by atoms with Crippen LogP contribution < -0.4 is 10.6 Å². The summed E-state index contributed by atoms with van der Waals surface area (Å²) >= 11 is 0. The fraction of sp³-hybridized carbons (Fsp3) is 0.176. The van der Waals surface area contributed by atoms with E-state index < -0.39 is 0 Å². The van der Waals surface area contributed by atoms with Gasteiger partial charge in [-0.2, -0.15) is 5.10 Å². The molecule has 7 nitrogen and oxygen atoms in total. The Labute approximate surface area is 139 Å². The molecule has 2 N–H and O–H groups in total. The zero-order chi connectivity index (χ0) is 16.9. The van der Waals surface area contributed by atoms with Crippen LogP contribution in [0.4, 0.5) is 17.2 Å². The molecule has 0 spiro atoms. The Morgan fingerprint density at radius 3 is 2.83 bits per heavy atom. The second-order valence-electron chi connectivity index (χ2n) is 5.23. The maximum absolute atomic E-state index is 12.6. The molecule has 0 saturated carbocycles. The molecule has 7 heteroatoms. The van der Waals surface area contributed by atoms with Crippen LogP contribution in [-0.4, -0.2) is 25.7 Å². The molecule has 0 aliphatic carbocycles. The van der Waals surface area contributed by atoms with Gasteiger partial charge in [0.15, 0.2) is 5.69 Å². The van der Waals surface area contributed by atoms with E-state index in [4.69, 9.17) is 0 Å². The summed E-state index contributed by atoms with van der Waals surface area (Å²) in [4.78, 5) is 20.9. The van der Waals surface area contributed by atoms with Gasteiger partial charge in [0.2, 0.25) is 0 Å². The SMILES string of the molecule is CCn1cc(Nc2cccnc2)c(C(=O)Nc2cccc(C)n2)n1. The Kier molecular flexibility index (Phi) is 4.51. The van der Waals surface area contributed by atoms with Crippen LogP contribution in [0.1, 0.15) is 23.1 Å². The molecular weight excluding hydrogens is 304 g/mol. The number of pyridine rings is 2. The quantitative estimate of drug-likeness (QED) is 0.754. The van der Waals surface area contributed by atoms with Crippen LogP contribution >= 0.6 is 0 Å². The number of anilines is 3. The lowest BCUT2D eigenvalue weighted by Crippen LogP contribution is -2.15. The van der Waals surface area contributed by atoms with Crippen LogP contribution in [-0.2, 0) is 6.54 Å². The summed E-state index contributed by atoms with van der Waals surface area (Å²) in [5, 5.41) is 10.3. The number of aryl methyl sites for hydroxylation is 2. The minimum absolute atomic E-state index is 0.309. The van der Waals surface area contributed by atoms with Crippen LogP contribution in [0.2, 0.25) is 0 Å². The summed E-state index contributed by atoms with van der Waals surface area (Å²) in [6.07, 6.45) is 5.18. The van der Waals surface area contributed by atoms with Gasteiger partial charge < -0.3 is 10.6 Å². The molecule has 0 unspecified atom stereocenters.